The average Bonchev–Trinajstić information content (AvgIpc) is 2.47. The predicted molar refractivity (Wildman–Crippen MR) is 61.5 cm³/mol. The molecule has 1 amide bonds. The normalized spacial score (nSPS) is 22.1. The molecule has 1 heterocycles. The number of nitrogens with one attached hydrogen (secondary N) is 1. The number of nitrogens with zero attached hydrogens (tertiary/aromatic N) is 2. The third-order valence-electron chi connectivity index (χ3n) is 2.78. The minimum Gasteiger partial charge on any atom is -0.328 e. The van der Waals surface area contributed by atoms with E-state index in [4.69, 9.17) is 0 Å². The number of carbonyl (C=O) groups excluding carboxylic acids is 1. The van der Waals surface area contributed by atoms with Crippen LogP contribution < -0.4 is 5.32 Å². The lowest BCUT2D eigenvalue weighted by atomic mass is 10.1. The van der Waals surface area contributed by atoms with Crippen molar-refractivity contribution >= 4 is 5.91 Å². The summed E-state index contributed by atoms with van der Waals surface area (Å²) < 4.78 is 0. The minimum atomic E-state index is 0.0318. The largest absolute Gasteiger partial charge is 0.328 e. The Kier molecular flexibility index (Phi) is 4.54. The van der Waals surface area contributed by atoms with Gasteiger partial charge in [0.15, 0.2) is 0 Å². The first kappa shape index (κ1) is 12.5. The summed E-state index contributed by atoms with van der Waals surface area (Å²) >= 11 is 0. The van der Waals surface area contributed by atoms with Crippen LogP contribution in [0.3, 0.4) is 0 Å². The van der Waals surface area contributed by atoms with E-state index >= 15 is 0 Å². The maximum absolute atomic E-state index is 11.9. The summed E-state index contributed by atoms with van der Waals surface area (Å²) in [6, 6.07) is 0.0318. The molecule has 1 unspecified atom stereocenters. The molecule has 1 fully saturated rings. The Balaban J connectivity index is 2.30. The summed E-state index contributed by atoms with van der Waals surface area (Å²) in [6.45, 7) is 6.79. The Bertz CT molecular complexity index is 216. The smallest absolute Gasteiger partial charge is 0.241 e. The monoisotopic (exact) mass is 213 g/mol. The number of amides is 1. The van der Waals surface area contributed by atoms with Crippen molar-refractivity contribution in [3.05, 3.63) is 0 Å². The van der Waals surface area contributed by atoms with Crippen molar-refractivity contribution in [1.29, 1.82) is 0 Å². The fourth-order valence-electron chi connectivity index (χ4n) is 1.86. The molecule has 88 valence electrons. The van der Waals surface area contributed by atoms with Crippen LogP contribution in [-0.4, -0.2) is 55.6 Å². The van der Waals surface area contributed by atoms with Crippen LogP contribution in [0, 0.1) is 5.92 Å². The van der Waals surface area contributed by atoms with Gasteiger partial charge >= 0.3 is 0 Å². The zero-order chi connectivity index (χ0) is 11.4. The van der Waals surface area contributed by atoms with Crippen LogP contribution in [0.5, 0.6) is 0 Å². The molecule has 1 aliphatic heterocycles. The maximum atomic E-state index is 11.9. The summed E-state index contributed by atoms with van der Waals surface area (Å²) in [6.07, 6.45) is 1.05. The molecule has 0 aromatic heterocycles. The standard InChI is InChI=1S/C11H23N3O/c1-9(2)10-11(15)14(8-12-10)7-5-6-13(3)4/h9-10,12H,5-8H2,1-4H3. The van der Waals surface area contributed by atoms with E-state index in [2.05, 4.69) is 38.2 Å². The molecule has 1 saturated heterocycles. The second-order valence-electron chi connectivity index (χ2n) is 4.84. The lowest BCUT2D eigenvalue weighted by Crippen LogP contribution is -2.35. The highest BCUT2D eigenvalue weighted by Crippen LogP contribution is 2.11. The zero-order valence-corrected chi connectivity index (χ0v) is 10.3. The van der Waals surface area contributed by atoms with Gasteiger partial charge in [-0.15, -0.1) is 0 Å². The van der Waals surface area contributed by atoms with Gasteiger partial charge in [0, 0.05) is 6.54 Å². The molecule has 0 radical (unpaired) electrons. The highest BCUT2D eigenvalue weighted by atomic mass is 16.2. The molecule has 0 aromatic rings. The molecule has 4 heteroatoms. The van der Waals surface area contributed by atoms with Gasteiger partial charge in [-0.1, -0.05) is 13.8 Å². The van der Waals surface area contributed by atoms with Crippen molar-refractivity contribution < 1.29 is 4.79 Å². The van der Waals surface area contributed by atoms with E-state index in [1.807, 2.05) is 4.90 Å². The molecule has 15 heavy (non-hydrogen) atoms. The first-order valence-electron chi connectivity index (χ1n) is 5.69. The molecular weight excluding hydrogens is 190 g/mol. The van der Waals surface area contributed by atoms with Gasteiger partial charge in [0.25, 0.3) is 0 Å². The highest BCUT2D eigenvalue weighted by Gasteiger charge is 2.32. The highest BCUT2D eigenvalue weighted by molar-refractivity contribution is 5.83. The van der Waals surface area contributed by atoms with Gasteiger partial charge in [-0.05, 0) is 33.0 Å². The molecule has 1 N–H and O–H groups in total. The van der Waals surface area contributed by atoms with Crippen LogP contribution in [0.15, 0.2) is 0 Å². The molecule has 1 rings (SSSR count). The fourth-order valence-corrected chi connectivity index (χ4v) is 1.86. The summed E-state index contributed by atoms with van der Waals surface area (Å²) in [4.78, 5) is 15.9. The Hall–Kier alpha value is -0.610. The SMILES string of the molecule is CC(C)C1NCN(CCCN(C)C)C1=O. The van der Waals surface area contributed by atoms with Crippen LogP contribution in [0.25, 0.3) is 0 Å². The van der Waals surface area contributed by atoms with Crippen LogP contribution in [0.2, 0.25) is 0 Å². The molecular formula is C11H23N3O. The molecule has 4 nitrogen and oxygen atoms in total. The van der Waals surface area contributed by atoms with E-state index in [1.165, 1.54) is 0 Å². The third kappa shape index (κ3) is 3.47. The average molecular weight is 213 g/mol. The predicted octanol–water partition coefficient (Wildman–Crippen LogP) is 0.352. The molecule has 0 bridgehead atoms. The van der Waals surface area contributed by atoms with E-state index in [0.717, 1.165) is 26.2 Å². The number of hydrogen-bond acceptors (Lipinski definition) is 3. The second kappa shape index (κ2) is 5.47. The van der Waals surface area contributed by atoms with Crippen molar-refractivity contribution in [2.45, 2.75) is 26.3 Å². The van der Waals surface area contributed by atoms with Crippen molar-refractivity contribution in [3.63, 3.8) is 0 Å². The van der Waals surface area contributed by atoms with E-state index in [9.17, 15) is 4.79 Å². The molecule has 0 saturated carbocycles. The van der Waals surface area contributed by atoms with Gasteiger partial charge in [0.05, 0.1) is 12.7 Å². The van der Waals surface area contributed by atoms with E-state index < -0.39 is 0 Å². The van der Waals surface area contributed by atoms with E-state index in [1.54, 1.807) is 0 Å². The van der Waals surface area contributed by atoms with Crippen molar-refractivity contribution in [1.82, 2.24) is 15.1 Å². The minimum absolute atomic E-state index is 0.0318. The zero-order valence-electron chi connectivity index (χ0n) is 10.3. The second-order valence-corrected chi connectivity index (χ2v) is 4.84. The molecule has 0 spiro atoms. The first-order chi connectivity index (χ1) is 7.02. The Morgan fingerprint density at radius 2 is 2.20 bits per heavy atom. The molecule has 1 aliphatic rings. The third-order valence-corrected chi connectivity index (χ3v) is 2.78. The number of carbonyl (C=O) groups is 1. The van der Waals surface area contributed by atoms with Crippen LogP contribution in [0.1, 0.15) is 20.3 Å². The number of rotatable bonds is 5. The summed E-state index contributed by atoms with van der Waals surface area (Å²) in [5.41, 5.74) is 0. The first-order valence-corrected chi connectivity index (χ1v) is 5.69. The number of hydrogen-bond donors (Lipinski definition) is 1. The van der Waals surface area contributed by atoms with Crippen molar-refractivity contribution in [3.8, 4) is 0 Å². The quantitative estimate of drug-likeness (QED) is 0.716. The Morgan fingerprint density at radius 1 is 1.53 bits per heavy atom. The summed E-state index contributed by atoms with van der Waals surface area (Å²) in [5, 5.41) is 3.26. The Labute approximate surface area is 92.6 Å². The van der Waals surface area contributed by atoms with Gasteiger partial charge < -0.3 is 9.80 Å². The van der Waals surface area contributed by atoms with Crippen LogP contribution >= 0.6 is 0 Å². The topological polar surface area (TPSA) is 35.6 Å². The van der Waals surface area contributed by atoms with Gasteiger partial charge in [0.1, 0.15) is 0 Å². The lowest BCUT2D eigenvalue weighted by molar-refractivity contribution is -0.129. The van der Waals surface area contributed by atoms with E-state index in [0.29, 0.717) is 5.92 Å². The van der Waals surface area contributed by atoms with Gasteiger partial charge in [-0.25, -0.2) is 0 Å². The summed E-state index contributed by atoms with van der Waals surface area (Å²) in [5.74, 6) is 0.653. The van der Waals surface area contributed by atoms with Crippen LogP contribution in [0.4, 0.5) is 0 Å². The Morgan fingerprint density at radius 3 is 2.67 bits per heavy atom. The van der Waals surface area contributed by atoms with Crippen molar-refractivity contribution in [2.75, 3.05) is 33.9 Å². The van der Waals surface area contributed by atoms with Gasteiger partial charge in [0.2, 0.25) is 5.91 Å². The van der Waals surface area contributed by atoms with Crippen molar-refractivity contribution in [2.24, 2.45) is 5.92 Å². The molecule has 0 aromatic carbocycles. The lowest BCUT2D eigenvalue weighted by Gasteiger charge is -2.17. The molecule has 0 aliphatic carbocycles. The van der Waals surface area contributed by atoms with Crippen LogP contribution in [-0.2, 0) is 4.79 Å². The fraction of sp³-hybridized carbons (Fsp3) is 0.909. The molecule has 1 atom stereocenters. The maximum Gasteiger partial charge on any atom is 0.241 e. The van der Waals surface area contributed by atoms with Gasteiger partial charge in [-0.2, -0.15) is 0 Å². The summed E-state index contributed by atoms with van der Waals surface area (Å²) in [7, 11) is 4.11. The van der Waals surface area contributed by atoms with Gasteiger partial charge in [-0.3, -0.25) is 10.1 Å². The van der Waals surface area contributed by atoms with E-state index in [-0.39, 0.29) is 11.9 Å².